The second kappa shape index (κ2) is 6.25. The summed E-state index contributed by atoms with van der Waals surface area (Å²) in [4.78, 5) is 22.4. The lowest BCUT2D eigenvalue weighted by atomic mass is 10.2. The Hall–Kier alpha value is -2.28. The molecule has 1 aromatic rings. The highest BCUT2D eigenvalue weighted by Gasteiger charge is 2.30. The highest BCUT2D eigenvalue weighted by molar-refractivity contribution is 5.92. The van der Waals surface area contributed by atoms with Crippen molar-refractivity contribution in [1.29, 1.82) is 0 Å². The van der Waals surface area contributed by atoms with Gasteiger partial charge in [-0.2, -0.15) is 0 Å². The summed E-state index contributed by atoms with van der Waals surface area (Å²) in [7, 11) is 0. The van der Waals surface area contributed by atoms with Crippen LogP contribution in [-0.2, 0) is 9.53 Å². The molecule has 0 aliphatic carbocycles. The molecule has 7 nitrogen and oxygen atoms in total. The number of nitrogens with two attached hydrogens (primary N) is 1. The normalized spacial score (nSPS) is 21.4. The van der Waals surface area contributed by atoms with Crippen molar-refractivity contribution in [3.63, 3.8) is 0 Å². The first-order valence-electron chi connectivity index (χ1n) is 6.34. The lowest BCUT2D eigenvalue weighted by Crippen LogP contribution is -2.36. The predicted molar refractivity (Wildman–Crippen MR) is 73.4 cm³/mol. The van der Waals surface area contributed by atoms with Gasteiger partial charge in [0.25, 0.3) is 0 Å². The van der Waals surface area contributed by atoms with Gasteiger partial charge in [0.05, 0.1) is 17.5 Å². The molecular weight excluding hydrogens is 262 g/mol. The molecule has 1 aliphatic rings. The van der Waals surface area contributed by atoms with Gasteiger partial charge >= 0.3 is 12.0 Å². The molecule has 0 bridgehead atoms. The number of aliphatic carboxylic acids is 1. The lowest BCUT2D eigenvalue weighted by molar-refractivity contribution is -0.149. The molecule has 0 radical (unpaired) electrons. The maximum atomic E-state index is 11.7. The fourth-order valence-electron chi connectivity index (χ4n) is 2.02. The van der Waals surface area contributed by atoms with Crippen LogP contribution in [0.4, 0.5) is 16.2 Å². The molecule has 0 saturated carbocycles. The number of hydrogen-bond donors (Lipinski definition) is 4. The van der Waals surface area contributed by atoms with Crippen molar-refractivity contribution in [2.45, 2.75) is 25.0 Å². The van der Waals surface area contributed by atoms with Crippen LogP contribution in [0.15, 0.2) is 24.3 Å². The average molecular weight is 279 g/mol. The van der Waals surface area contributed by atoms with E-state index in [1.54, 1.807) is 24.3 Å². The van der Waals surface area contributed by atoms with Crippen LogP contribution in [0.2, 0.25) is 0 Å². The van der Waals surface area contributed by atoms with Crippen molar-refractivity contribution in [3.05, 3.63) is 24.3 Å². The van der Waals surface area contributed by atoms with E-state index in [0.29, 0.717) is 24.2 Å². The van der Waals surface area contributed by atoms with Crippen LogP contribution < -0.4 is 16.4 Å². The number of benzene rings is 1. The quantitative estimate of drug-likeness (QED) is 0.614. The van der Waals surface area contributed by atoms with E-state index in [-0.39, 0.29) is 12.6 Å². The minimum Gasteiger partial charge on any atom is -0.479 e. The van der Waals surface area contributed by atoms with Crippen LogP contribution >= 0.6 is 0 Å². The zero-order valence-corrected chi connectivity index (χ0v) is 10.8. The van der Waals surface area contributed by atoms with Gasteiger partial charge in [0.15, 0.2) is 6.10 Å². The first kappa shape index (κ1) is 14.1. The number of nitrogens with one attached hydrogen (secondary N) is 2. The lowest BCUT2D eigenvalue weighted by Gasteiger charge is -2.13. The number of carbonyl (C=O) groups excluding carboxylic acids is 1. The second-order valence-corrected chi connectivity index (χ2v) is 4.58. The summed E-state index contributed by atoms with van der Waals surface area (Å²) in [6, 6.07) is 6.53. The largest absolute Gasteiger partial charge is 0.479 e. The van der Waals surface area contributed by atoms with Gasteiger partial charge in [-0.25, -0.2) is 9.59 Å². The predicted octanol–water partition coefficient (Wildman–Crippen LogP) is 1.02. The first-order valence-corrected chi connectivity index (χ1v) is 6.34. The van der Waals surface area contributed by atoms with Crippen LogP contribution in [0.1, 0.15) is 12.8 Å². The van der Waals surface area contributed by atoms with E-state index in [4.69, 9.17) is 15.6 Å². The molecule has 1 aromatic carbocycles. The molecule has 5 N–H and O–H groups in total. The highest BCUT2D eigenvalue weighted by Crippen LogP contribution is 2.19. The fraction of sp³-hybridized carbons (Fsp3) is 0.385. The zero-order valence-electron chi connectivity index (χ0n) is 10.8. The van der Waals surface area contributed by atoms with Gasteiger partial charge in [-0.15, -0.1) is 0 Å². The number of para-hydroxylation sites is 2. The van der Waals surface area contributed by atoms with E-state index in [2.05, 4.69) is 10.6 Å². The van der Waals surface area contributed by atoms with Crippen molar-refractivity contribution < 1.29 is 19.4 Å². The molecule has 0 spiro atoms. The Morgan fingerprint density at radius 3 is 2.75 bits per heavy atom. The summed E-state index contributed by atoms with van der Waals surface area (Å²) in [5.74, 6) is -0.964. The van der Waals surface area contributed by atoms with E-state index in [1.165, 1.54) is 0 Å². The number of carboxylic acids is 1. The summed E-state index contributed by atoms with van der Waals surface area (Å²) in [5, 5.41) is 14.1. The maximum Gasteiger partial charge on any atom is 0.332 e. The Bertz CT molecular complexity index is 506. The summed E-state index contributed by atoms with van der Waals surface area (Å²) in [6.45, 7) is 0.266. The van der Waals surface area contributed by atoms with Gasteiger partial charge in [0.1, 0.15) is 0 Å². The number of carboxylic acid groups (broad SMARTS) is 1. The molecule has 1 aliphatic heterocycles. The Morgan fingerprint density at radius 2 is 2.10 bits per heavy atom. The molecule has 2 atom stereocenters. The average Bonchev–Trinajstić information content (AvgIpc) is 2.88. The van der Waals surface area contributed by atoms with Gasteiger partial charge in [-0.3, -0.25) is 0 Å². The molecule has 2 rings (SSSR count). The van der Waals surface area contributed by atoms with Gasteiger partial charge in [0.2, 0.25) is 0 Å². The molecule has 1 heterocycles. The molecule has 108 valence electrons. The molecular formula is C13H17N3O4. The van der Waals surface area contributed by atoms with E-state index in [1.807, 2.05) is 0 Å². The van der Waals surface area contributed by atoms with Crippen molar-refractivity contribution in [3.8, 4) is 0 Å². The monoisotopic (exact) mass is 279 g/mol. The minimum atomic E-state index is -0.964. The summed E-state index contributed by atoms with van der Waals surface area (Å²) in [5.41, 5.74) is 6.71. The maximum absolute atomic E-state index is 11.7. The standard InChI is InChI=1S/C13H17N3O4/c14-9-3-1-2-4-10(9)16-13(19)15-7-8-5-6-11(20-8)12(17)18/h1-4,8,11H,5-7,14H2,(H,17,18)(H2,15,16,19). The second-order valence-electron chi connectivity index (χ2n) is 4.58. The van der Waals surface area contributed by atoms with Crippen LogP contribution in [-0.4, -0.2) is 35.9 Å². The Balaban J connectivity index is 1.76. The number of urea groups is 1. The molecule has 1 saturated heterocycles. The third-order valence-corrected chi connectivity index (χ3v) is 3.08. The number of nitrogen functional groups attached to an aromatic ring is 1. The van der Waals surface area contributed by atoms with Crippen LogP contribution in [0.5, 0.6) is 0 Å². The zero-order chi connectivity index (χ0) is 14.5. The molecule has 20 heavy (non-hydrogen) atoms. The third kappa shape index (κ3) is 3.61. The van der Waals surface area contributed by atoms with Crippen molar-refractivity contribution in [2.75, 3.05) is 17.6 Å². The number of amides is 2. The van der Waals surface area contributed by atoms with Crippen molar-refractivity contribution >= 4 is 23.4 Å². The van der Waals surface area contributed by atoms with E-state index < -0.39 is 18.1 Å². The van der Waals surface area contributed by atoms with Gasteiger partial charge in [-0.05, 0) is 25.0 Å². The molecule has 0 aromatic heterocycles. The minimum absolute atomic E-state index is 0.266. The Labute approximate surface area is 116 Å². The van der Waals surface area contributed by atoms with Gasteiger partial charge < -0.3 is 26.2 Å². The fourth-order valence-corrected chi connectivity index (χ4v) is 2.02. The summed E-state index contributed by atoms with van der Waals surface area (Å²) in [6.07, 6.45) is 0.0456. The van der Waals surface area contributed by atoms with Crippen LogP contribution in [0, 0.1) is 0 Å². The van der Waals surface area contributed by atoms with Crippen molar-refractivity contribution in [2.24, 2.45) is 0 Å². The number of carbonyl (C=O) groups is 2. The number of hydrogen-bond acceptors (Lipinski definition) is 4. The van der Waals surface area contributed by atoms with E-state index in [9.17, 15) is 9.59 Å². The first-order chi connectivity index (χ1) is 9.56. The molecule has 1 fully saturated rings. The Kier molecular flexibility index (Phi) is 4.41. The van der Waals surface area contributed by atoms with Crippen LogP contribution in [0.25, 0.3) is 0 Å². The molecule has 2 unspecified atom stereocenters. The van der Waals surface area contributed by atoms with Gasteiger partial charge in [0, 0.05) is 6.54 Å². The molecule has 7 heteroatoms. The van der Waals surface area contributed by atoms with Crippen LogP contribution in [0.3, 0.4) is 0 Å². The van der Waals surface area contributed by atoms with Gasteiger partial charge in [-0.1, -0.05) is 12.1 Å². The SMILES string of the molecule is Nc1ccccc1NC(=O)NCC1CCC(C(=O)O)O1. The topological polar surface area (TPSA) is 114 Å². The summed E-state index contributed by atoms with van der Waals surface area (Å²) >= 11 is 0. The number of ether oxygens (including phenoxy) is 1. The highest BCUT2D eigenvalue weighted by atomic mass is 16.5. The third-order valence-electron chi connectivity index (χ3n) is 3.08. The number of anilines is 2. The van der Waals surface area contributed by atoms with Crippen molar-refractivity contribution in [1.82, 2.24) is 5.32 Å². The summed E-state index contributed by atoms with van der Waals surface area (Å²) < 4.78 is 5.28. The smallest absolute Gasteiger partial charge is 0.332 e. The van der Waals surface area contributed by atoms with E-state index in [0.717, 1.165) is 0 Å². The Morgan fingerprint density at radius 1 is 1.35 bits per heavy atom. The molecule has 2 amide bonds. The van der Waals surface area contributed by atoms with E-state index >= 15 is 0 Å². The number of rotatable bonds is 4.